The van der Waals surface area contributed by atoms with Crippen molar-refractivity contribution < 1.29 is 4.79 Å². The summed E-state index contributed by atoms with van der Waals surface area (Å²) in [7, 11) is 0. The number of aromatic nitrogens is 3. The first-order valence-electron chi connectivity index (χ1n) is 7.37. The van der Waals surface area contributed by atoms with Gasteiger partial charge in [-0.2, -0.15) is 5.10 Å². The van der Waals surface area contributed by atoms with E-state index in [0.29, 0.717) is 18.2 Å². The van der Waals surface area contributed by atoms with Gasteiger partial charge >= 0.3 is 0 Å². The van der Waals surface area contributed by atoms with E-state index in [4.69, 9.17) is 0 Å². The maximum Gasteiger partial charge on any atom is 0.255 e. The minimum Gasteiger partial charge on any atom is -0.350 e. The monoisotopic (exact) mass is 287 g/mol. The van der Waals surface area contributed by atoms with E-state index in [1.54, 1.807) is 29.3 Å². The van der Waals surface area contributed by atoms with Gasteiger partial charge in [-0.1, -0.05) is 13.8 Å². The van der Waals surface area contributed by atoms with Crippen LogP contribution < -0.4 is 10.6 Å². The molecule has 6 nitrogen and oxygen atoms in total. The molecule has 3 rings (SSSR count). The highest BCUT2D eigenvalue weighted by atomic mass is 16.1. The highest BCUT2D eigenvalue weighted by Gasteiger charge is 2.32. The second-order valence-electron chi connectivity index (χ2n) is 6.27. The van der Waals surface area contributed by atoms with Crippen LogP contribution in [0.5, 0.6) is 0 Å². The smallest absolute Gasteiger partial charge is 0.255 e. The summed E-state index contributed by atoms with van der Waals surface area (Å²) in [5.74, 6) is -0.0961. The zero-order valence-electron chi connectivity index (χ0n) is 12.5. The summed E-state index contributed by atoms with van der Waals surface area (Å²) in [6, 6.07) is 0.301. The molecule has 2 N–H and O–H groups in total. The number of hydrogen-bond acceptors (Lipinski definition) is 4. The van der Waals surface area contributed by atoms with Crippen LogP contribution in [0.2, 0.25) is 0 Å². The standard InChI is InChI=1S/C15H21N5O/c1-15(2)4-3-5-17-13(15)10-18-14(21)11-8-19-20-7-6-16-9-12(11)20/h6-9,13,17H,3-5,10H2,1-2H3,(H,18,21). The number of piperidine rings is 1. The summed E-state index contributed by atoms with van der Waals surface area (Å²) in [4.78, 5) is 16.4. The molecule has 2 aromatic rings. The van der Waals surface area contributed by atoms with Crippen LogP contribution >= 0.6 is 0 Å². The number of nitrogens with one attached hydrogen (secondary N) is 2. The number of hydrogen-bond donors (Lipinski definition) is 2. The maximum absolute atomic E-state index is 12.4. The van der Waals surface area contributed by atoms with Crippen LogP contribution in [0.1, 0.15) is 37.0 Å². The van der Waals surface area contributed by atoms with Crippen molar-refractivity contribution in [3.8, 4) is 0 Å². The Morgan fingerprint density at radius 3 is 3.19 bits per heavy atom. The molecule has 3 heterocycles. The van der Waals surface area contributed by atoms with Crippen molar-refractivity contribution in [1.82, 2.24) is 25.2 Å². The maximum atomic E-state index is 12.4. The van der Waals surface area contributed by atoms with Gasteiger partial charge in [0.1, 0.15) is 0 Å². The molecular formula is C15H21N5O. The summed E-state index contributed by atoms with van der Waals surface area (Å²) in [5, 5.41) is 10.7. The molecule has 2 aromatic heterocycles. The van der Waals surface area contributed by atoms with Crippen molar-refractivity contribution in [3.63, 3.8) is 0 Å². The molecule has 1 fully saturated rings. The van der Waals surface area contributed by atoms with E-state index in [9.17, 15) is 4.79 Å². The Balaban J connectivity index is 1.69. The second-order valence-corrected chi connectivity index (χ2v) is 6.27. The van der Waals surface area contributed by atoms with E-state index in [-0.39, 0.29) is 11.3 Å². The number of fused-ring (bicyclic) bond motifs is 1. The quantitative estimate of drug-likeness (QED) is 0.891. The van der Waals surface area contributed by atoms with Crippen molar-refractivity contribution in [2.75, 3.05) is 13.1 Å². The highest BCUT2D eigenvalue weighted by molar-refractivity contribution is 6.00. The molecule has 1 aliphatic rings. The molecule has 1 saturated heterocycles. The van der Waals surface area contributed by atoms with Gasteiger partial charge in [-0.3, -0.25) is 9.78 Å². The predicted molar refractivity (Wildman–Crippen MR) is 80.1 cm³/mol. The Hall–Kier alpha value is -1.95. The molecular weight excluding hydrogens is 266 g/mol. The third-order valence-corrected chi connectivity index (χ3v) is 4.37. The number of carbonyl (C=O) groups is 1. The fourth-order valence-corrected chi connectivity index (χ4v) is 2.92. The summed E-state index contributed by atoms with van der Waals surface area (Å²) >= 11 is 0. The minimum atomic E-state index is -0.0961. The fraction of sp³-hybridized carbons (Fsp3) is 0.533. The van der Waals surface area contributed by atoms with E-state index in [2.05, 4.69) is 34.6 Å². The third-order valence-electron chi connectivity index (χ3n) is 4.37. The van der Waals surface area contributed by atoms with E-state index in [0.717, 1.165) is 12.1 Å². The molecule has 1 atom stereocenters. The number of amides is 1. The summed E-state index contributed by atoms with van der Waals surface area (Å²) in [5.41, 5.74) is 1.50. The van der Waals surface area contributed by atoms with Crippen molar-refractivity contribution in [3.05, 3.63) is 30.4 Å². The molecule has 0 saturated carbocycles. The Kier molecular flexibility index (Phi) is 3.63. The summed E-state index contributed by atoms with van der Waals surface area (Å²) in [6.07, 6.45) is 9.00. The molecule has 0 aromatic carbocycles. The van der Waals surface area contributed by atoms with Crippen molar-refractivity contribution in [1.29, 1.82) is 0 Å². The van der Waals surface area contributed by atoms with Gasteiger partial charge in [0, 0.05) is 25.0 Å². The Morgan fingerprint density at radius 2 is 2.38 bits per heavy atom. The van der Waals surface area contributed by atoms with Gasteiger partial charge in [0.25, 0.3) is 5.91 Å². The Morgan fingerprint density at radius 1 is 1.52 bits per heavy atom. The van der Waals surface area contributed by atoms with Gasteiger partial charge in [-0.25, -0.2) is 4.52 Å². The highest BCUT2D eigenvalue weighted by Crippen LogP contribution is 2.29. The van der Waals surface area contributed by atoms with Crippen LogP contribution in [0.4, 0.5) is 0 Å². The third kappa shape index (κ3) is 2.76. The average Bonchev–Trinajstić information content (AvgIpc) is 2.89. The second kappa shape index (κ2) is 5.44. The van der Waals surface area contributed by atoms with Crippen LogP contribution in [0.15, 0.2) is 24.8 Å². The largest absolute Gasteiger partial charge is 0.350 e. The van der Waals surface area contributed by atoms with Crippen molar-refractivity contribution in [2.45, 2.75) is 32.7 Å². The molecule has 0 spiro atoms. The number of carbonyl (C=O) groups excluding carboxylic acids is 1. The van der Waals surface area contributed by atoms with E-state index in [1.807, 2.05) is 0 Å². The summed E-state index contributed by atoms with van der Waals surface area (Å²) < 4.78 is 1.66. The summed E-state index contributed by atoms with van der Waals surface area (Å²) in [6.45, 7) is 6.14. The van der Waals surface area contributed by atoms with Crippen LogP contribution in [0, 0.1) is 5.41 Å². The van der Waals surface area contributed by atoms with Gasteiger partial charge in [0.05, 0.1) is 23.5 Å². The molecule has 1 unspecified atom stereocenters. The lowest BCUT2D eigenvalue weighted by Gasteiger charge is -2.39. The minimum absolute atomic E-state index is 0.0961. The average molecular weight is 287 g/mol. The lowest BCUT2D eigenvalue weighted by Crippen LogP contribution is -2.52. The first-order valence-corrected chi connectivity index (χ1v) is 7.37. The van der Waals surface area contributed by atoms with Gasteiger partial charge in [0.2, 0.25) is 0 Å². The fourth-order valence-electron chi connectivity index (χ4n) is 2.92. The molecule has 6 heteroatoms. The normalized spacial score (nSPS) is 21.3. The molecule has 0 aliphatic carbocycles. The Bertz CT molecular complexity index is 648. The molecule has 21 heavy (non-hydrogen) atoms. The van der Waals surface area contributed by atoms with Crippen molar-refractivity contribution >= 4 is 11.4 Å². The van der Waals surface area contributed by atoms with E-state index < -0.39 is 0 Å². The van der Waals surface area contributed by atoms with Gasteiger partial charge in [-0.15, -0.1) is 0 Å². The molecule has 1 aliphatic heterocycles. The van der Waals surface area contributed by atoms with Crippen LogP contribution in [-0.4, -0.2) is 39.6 Å². The van der Waals surface area contributed by atoms with E-state index >= 15 is 0 Å². The van der Waals surface area contributed by atoms with Gasteiger partial charge < -0.3 is 10.6 Å². The van der Waals surface area contributed by atoms with Crippen LogP contribution in [0.3, 0.4) is 0 Å². The van der Waals surface area contributed by atoms with Crippen LogP contribution in [0.25, 0.3) is 5.52 Å². The van der Waals surface area contributed by atoms with Gasteiger partial charge in [0.15, 0.2) is 0 Å². The molecule has 0 radical (unpaired) electrons. The number of rotatable bonds is 3. The van der Waals surface area contributed by atoms with Gasteiger partial charge in [-0.05, 0) is 24.8 Å². The lowest BCUT2D eigenvalue weighted by molar-refractivity contribution is 0.0930. The van der Waals surface area contributed by atoms with Crippen LogP contribution in [-0.2, 0) is 0 Å². The number of nitrogens with zero attached hydrogens (tertiary/aromatic N) is 3. The molecule has 112 valence electrons. The topological polar surface area (TPSA) is 71.3 Å². The predicted octanol–water partition coefficient (Wildman–Crippen LogP) is 1.24. The zero-order chi connectivity index (χ0) is 14.9. The first-order chi connectivity index (χ1) is 10.1. The molecule has 0 bridgehead atoms. The van der Waals surface area contributed by atoms with Crippen molar-refractivity contribution in [2.24, 2.45) is 5.41 Å². The first kappa shape index (κ1) is 14.0. The SMILES string of the molecule is CC1(C)CCCNC1CNC(=O)c1cnn2ccncc12. The molecule has 1 amide bonds. The lowest BCUT2D eigenvalue weighted by atomic mass is 9.77. The Labute approximate surface area is 123 Å². The zero-order valence-corrected chi connectivity index (χ0v) is 12.5. The van der Waals surface area contributed by atoms with E-state index in [1.165, 1.54) is 12.8 Å².